The number of rotatable bonds is 4. The molecule has 0 fully saturated rings. The summed E-state index contributed by atoms with van der Waals surface area (Å²) in [4.78, 5) is 0. The van der Waals surface area contributed by atoms with Crippen LogP contribution in [0.3, 0.4) is 0 Å². The summed E-state index contributed by atoms with van der Waals surface area (Å²) in [6.07, 6.45) is 3.41. The first-order valence-electron chi connectivity index (χ1n) is 3.28. The van der Waals surface area contributed by atoms with Crippen molar-refractivity contribution in [3.63, 3.8) is 0 Å². The van der Waals surface area contributed by atoms with Gasteiger partial charge >= 0.3 is 0 Å². The first kappa shape index (κ1) is 9.70. The minimum atomic E-state index is 0.535. The van der Waals surface area contributed by atoms with Gasteiger partial charge in [-0.25, -0.2) is 0 Å². The molecule has 0 saturated carbocycles. The van der Waals surface area contributed by atoms with E-state index in [4.69, 9.17) is 0 Å². The van der Waals surface area contributed by atoms with Crippen LogP contribution in [0.4, 0.5) is 0 Å². The maximum Gasteiger partial charge on any atom is 0.00881 e. The third kappa shape index (κ3) is 5.16. The van der Waals surface area contributed by atoms with Gasteiger partial charge in [0.15, 0.2) is 0 Å². The molecule has 0 aromatic rings. The van der Waals surface area contributed by atoms with Crippen molar-refractivity contribution in [3.8, 4) is 0 Å². The highest BCUT2D eigenvalue weighted by Crippen LogP contribution is 2.30. The van der Waals surface area contributed by atoms with E-state index in [1.807, 2.05) is 21.6 Å². The van der Waals surface area contributed by atoms with Gasteiger partial charge in [0.25, 0.3) is 0 Å². The van der Waals surface area contributed by atoms with Crippen molar-refractivity contribution in [2.45, 2.75) is 27.2 Å². The van der Waals surface area contributed by atoms with Gasteiger partial charge in [-0.3, -0.25) is 0 Å². The molecule has 0 amide bonds. The second-order valence-electron chi connectivity index (χ2n) is 2.95. The van der Waals surface area contributed by atoms with Crippen LogP contribution in [-0.4, -0.2) is 12.0 Å². The van der Waals surface area contributed by atoms with E-state index in [0.29, 0.717) is 5.41 Å². The van der Waals surface area contributed by atoms with E-state index in [0.717, 1.165) is 0 Å². The van der Waals surface area contributed by atoms with Gasteiger partial charge in [0.05, 0.1) is 0 Å². The van der Waals surface area contributed by atoms with Crippen LogP contribution in [0.5, 0.6) is 0 Å². The van der Waals surface area contributed by atoms with Crippen molar-refractivity contribution < 1.29 is 0 Å². The van der Waals surface area contributed by atoms with E-state index in [1.165, 1.54) is 12.2 Å². The van der Waals surface area contributed by atoms with Gasteiger partial charge in [-0.2, -0.15) is 0 Å². The molecular formula is C7H16S2. The fraction of sp³-hybridized carbons (Fsp3) is 1.00. The third-order valence-corrected chi connectivity index (χ3v) is 3.72. The molecule has 0 heterocycles. The highest BCUT2D eigenvalue weighted by atomic mass is 33.1. The molecule has 0 aromatic heterocycles. The van der Waals surface area contributed by atoms with Gasteiger partial charge in [-0.05, 0) is 11.7 Å². The van der Waals surface area contributed by atoms with Crippen LogP contribution in [0.2, 0.25) is 0 Å². The van der Waals surface area contributed by atoms with Gasteiger partial charge in [0, 0.05) is 5.75 Å². The summed E-state index contributed by atoms with van der Waals surface area (Å²) in [5.41, 5.74) is 0.535. The zero-order chi connectivity index (χ0) is 7.33. The Kier molecular flexibility index (Phi) is 4.86. The second kappa shape index (κ2) is 4.51. The minimum Gasteiger partial charge on any atom is -0.0976 e. The molecule has 0 nitrogen and oxygen atoms in total. The van der Waals surface area contributed by atoms with Crippen LogP contribution < -0.4 is 0 Å². The largest absolute Gasteiger partial charge is 0.0976 e. The Morgan fingerprint density at radius 2 is 1.89 bits per heavy atom. The molecule has 0 bridgehead atoms. The lowest BCUT2D eigenvalue weighted by molar-refractivity contribution is 0.408. The van der Waals surface area contributed by atoms with E-state index in [9.17, 15) is 0 Å². The Labute approximate surface area is 66.6 Å². The van der Waals surface area contributed by atoms with Crippen LogP contribution in [0.15, 0.2) is 0 Å². The Morgan fingerprint density at radius 1 is 1.33 bits per heavy atom. The highest BCUT2D eigenvalue weighted by Gasteiger charge is 2.13. The minimum absolute atomic E-state index is 0.535. The summed E-state index contributed by atoms with van der Waals surface area (Å²) in [6.45, 7) is 6.88. The van der Waals surface area contributed by atoms with Crippen molar-refractivity contribution in [1.82, 2.24) is 0 Å². The molecule has 0 atom stereocenters. The lowest BCUT2D eigenvalue weighted by atomic mass is 9.93. The molecule has 9 heavy (non-hydrogen) atoms. The molecule has 0 aromatic carbocycles. The van der Waals surface area contributed by atoms with Gasteiger partial charge in [0.2, 0.25) is 0 Å². The van der Waals surface area contributed by atoms with E-state index < -0.39 is 0 Å². The predicted octanol–water partition coefficient (Wildman–Crippen LogP) is 3.43. The monoisotopic (exact) mass is 164 g/mol. The zero-order valence-corrected chi connectivity index (χ0v) is 8.36. The molecule has 56 valence electrons. The highest BCUT2D eigenvalue weighted by molar-refractivity contribution is 8.76. The van der Waals surface area contributed by atoms with Crippen LogP contribution in [0.1, 0.15) is 27.2 Å². The molecule has 0 radical (unpaired) electrons. The van der Waals surface area contributed by atoms with Crippen LogP contribution >= 0.6 is 21.6 Å². The van der Waals surface area contributed by atoms with Crippen LogP contribution in [0.25, 0.3) is 0 Å². The van der Waals surface area contributed by atoms with Crippen molar-refractivity contribution >= 4 is 21.6 Å². The first-order valence-corrected chi connectivity index (χ1v) is 6.00. The SMILES string of the molecule is CCC(C)(C)CSSC. The molecule has 2 heteroatoms. The number of hydrogen-bond donors (Lipinski definition) is 0. The zero-order valence-electron chi connectivity index (χ0n) is 6.73. The topological polar surface area (TPSA) is 0 Å². The maximum atomic E-state index is 2.32. The van der Waals surface area contributed by atoms with E-state index in [1.54, 1.807) is 0 Å². The summed E-state index contributed by atoms with van der Waals surface area (Å²) < 4.78 is 0. The summed E-state index contributed by atoms with van der Waals surface area (Å²) in [5.74, 6) is 1.27. The Morgan fingerprint density at radius 3 is 2.22 bits per heavy atom. The van der Waals surface area contributed by atoms with Gasteiger partial charge in [-0.15, -0.1) is 0 Å². The predicted molar refractivity (Wildman–Crippen MR) is 50.0 cm³/mol. The Hall–Kier alpha value is 0.700. The lowest BCUT2D eigenvalue weighted by Gasteiger charge is -2.20. The average Bonchev–Trinajstić information content (AvgIpc) is 1.84. The van der Waals surface area contributed by atoms with E-state index in [2.05, 4.69) is 27.0 Å². The summed E-state index contributed by atoms with van der Waals surface area (Å²) in [6, 6.07) is 0. The van der Waals surface area contributed by atoms with E-state index in [-0.39, 0.29) is 0 Å². The fourth-order valence-electron chi connectivity index (χ4n) is 0.321. The van der Waals surface area contributed by atoms with Crippen molar-refractivity contribution in [1.29, 1.82) is 0 Å². The molecule has 0 N–H and O–H groups in total. The summed E-state index contributed by atoms with van der Waals surface area (Å²) in [7, 11) is 3.82. The molecular weight excluding hydrogens is 148 g/mol. The quantitative estimate of drug-likeness (QED) is 0.584. The van der Waals surface area contributed by atoms with Gasteiger partial charge in [-0.1, -0.05) is 48.8 Å². The first-order chi connectivity index (χ1) is 4.12. The molecule has 0 aliphatic heterocycles. The average molecular weight is 164 g/mol. The summed E-state index contributed by atoms with van der Waals surface area (Å²) >= 11 is 0. The normalized spacial score (nSPS) is 12.0. The standard InChI is InChI=1S/C7H16S2/c1-5-7(2,3)6-9-8-4/h5-6H2,1-4H3. The van der Waals surface area contributed by atoms with Gasteiger partial charge in [0.1, 0.15) is 0 Å². The molecule has 0 rings (SSSR count). The fourth-order valence-corrected chi connectivity index (χ4v) is 2.27. The molecule has 0 saturated heterocycles. The van der Waals surface area contributed by atoms with Crippen molar-refractivity contribution in [3.05, 3.63) is 0 Å². The van der Waals surface area contributed by atoms with Gasteiger partial charge < -0.3 is 0 Å². The number of hydrogen-bond acceptors (Lipinski definition) is 2. The lowest BCUT2D eigenvalue weighted by Crippen LogP contribution is -2.11. The molecule has 0 spiro atoms. The Bertz CT molecular complexity index is 69.3. The Balaban J connectivity index is 3.33. The smallest absolute Gasteiger partial charge is 0.00881 e. The van der Waals surface area contributed by atoms with Crippen molar-refractivity contribution in [2.24, 2.45) is 5.41 Å². The maximum absolute atomic E-state index is 2.32. The molecule has 0 unspecified atom stereocenters. The molecule has 0 aliphatic rings. The van der Waals surface area contributed by atoms with Crippen LogP contribution in [0, 0.1) is 5.41 Å². The van der Waals surface area contributed by atoms with Crippen LogP contribution in [-0.2, 0) is 0 Å². The second-order valence-corrected chi connectivity index (χ2v) is 5.51. The van der Waals surface area contributed by atoms with Crippen molar-refractivity contribution in [2.75, 3.05) is 12.0 Å². The summed E-state index contributed by atoms with van der Waals surface area (Å²) in [5, 5.41) is 0. The third-order valence-electron chi connectivity index (χ3n) is 1.52. The van der Waals surface area contributed by atoms with E-state index >= 15 is 0 Å². The molecule has 0 aliphatic carbocycles.